The molecule has 0 aromatic carbocycles. The molecule has 0 bridgehead atoms. The fourth-order valence-electron chi connectivity index (χ4n) is 1.78. The molecular weight excluding hydrogens is 438 g/mol. The second kappa shape index (κ2) is 27.6. The van der Waals surface area contributed by atoms with Gasteiger partial charge < -0.3 is 16.4 Å². The van der Waals surface area contributed by atoms with Crippen LogP contribution in [0.3, 0.4) is 0 Å². The predicted molar refractivity (Wildman–Crippen MR) is 104 cm³/mol. The highest BCUT2D eigenvalue weighted by atomic mass is 79.9. The predicted octanol–water partition coefficient (Wildman–Crippen LogP) is 3.61. The second-order valence-electron chi connectivity index (χ2n) is 4.47. The molecule has 0 aromatic heterocycles. The maximum atomic E-state index is 5.44. The van der Waals surface area contributed by atoms with Crippen molar-refractivity contribution in [1.29, 1.82) is 0 Å². The van der Waals surface area contributed by atoms with E-state index in [-0.39, 0.29) is 50.9 Å². The summed E-state index contributed by atoms with van der Waals surface area (Å²) in [5.41, 5.74) is 5.44. The Hall–Kier alpha value is 1.32. The first-order valence-corrected chi connectivity index (χ1v) is 6.97. The third-order valence-corrected chi connectivity index (χ3v) is 2.84. The summed E-state index contributed by atoms with van der Waals surface area (Å²) in [7, 11) is 2.02. The molecule has 0 spiro atoms. The van der Waals surface area contributed by atoms with E-state index in [1.807, 2.05) is 7.05 Å². The van der Waals surface area contributed by atoms with E-state index in [0.717, 1.165) is 13.1 Å². The third kappa shape index (κ3) is 28.3. The van der Waals surface area contributed by atoms with Gasteiger partial charge in [0.2, 0.25) is 0 Å². The van der Waals surface area contributed by atoms with E-state index in [1.54, 1.807) is 0 Å². The average molecular weight is 472 g/mol. The summed E-state index contributed by atoms with van der Waals surface area (Å²) in [6, 6.07) is 0. The van der Waals surface area contributed by atoms with Crippen LogP contribution in [0.1, 0.15) is 51.4 Å². The summed E-state index contributed by atoms with van der Waals surface area (Å²) in [5.74, 6) is 0. The molecule has 6 heteroatoms. The minimum absolute atomic E-state index is 0. The van der Waals surface area contributed by atoms with Crippen LogP contribution in [0.15, 0.2) is 0 Å². The molecule has 0 aliphatic carbocycles. The van der Waals surface area contributed by atoms with Gasteiger partial charge in [0.15, 0.2) is 0 Å². The van der Waals surface area contributed by atoms with Gasteiger partial charge in [-0.05, 0) is 58.9 Å². The van der Waals surface area contributed by atoms with Crippen LogP contribution in [0.25, 0.3) is 0 Å². The van der Waals surface area contributed by atoms with Gasteiger partial charge >= 0.3 is 0 Å². The number of nitrogens with two attached hydrogens (primary N) is 1. The van der Waals surface area contributed by atoms with Crippen molar-refractivity contribution in [3.8, 4) is 0 Å². The maximum Gasteiger partial charge on any atom is -0.00489 e. The van der Waals surface area contributed by atoms with E-state index in [0.29, 0.717) is 0 Å². The van der Waals surface area contributed by atoms with Crippen molar-refractivity contribution in [2.45, 2.75) is 51.4 Å². The third-order valence-electron chi connectivity index (χ3n) is 2.84. The maximum absolute atomic E-state index is 5.44. The minimum Gasteiger partial charge on any atom is -0.330 e. The zero-order valence-electron chi connectivity index (χ0n) is 12.3. The van der Waals surface area contributed by atoms with Gasteiger partial charge in [0.05, 0.1) is 0 Å². The van der Waals surface area contributed by atoms with Gasteiger partial charge in [-0.2, -0.15) is 0 Å². The van der Waals surface area contributed by atoms with Crippen LogP contribution in [-0.2, 0) is 0 Å². The fourth-order valence-corrected chi connectivity index (χ4v) is 1.78. The largest absolute Gasteiger partial charge is 0.330 e. The number of halogens is 3. The van der Waals surface area contributed by atoms with Crippen LogP contribution in [0.4, 0.5) is 0 Å². The monoisotopic (exact) mass is 469 g/mol. The molecule has 0 amide bonds. The second-order valence-corrected chi connectivity index (χ2v) is 4.47. The molecular formula is C13H34Br3N3. The van der Waals surface area contributed by atoms with Gasteiger partial charge in [0.25, 0.3) is 0 Å². The molecule has 0 aromatic rings. The number of unbranched alkanes of at least 4 members (excludes halogenated alkanes) is 6. The standard InChI is InChI=1S/C13H31N3.3BrH/c1-15-11-7-4-5-9-13-16-12-8-3-2-6-10-14;;;/h15-16H,2-14H2,1H3;3*1H. The lowest BCUT2D eigenvalue weighted by atomic mass is 10.2. The summed E-state index contributed by atoms with van der Waals surface area (Å²) in [5, 5.41) is 6.69. The van der Waals surface area contributed by atoms with Crippen molar-refractivity contribution < 1.29 is 0 Å². The molecule has 19 heavy (non-hydrogen) atoms. The van der Waals surface area contributed by atoms with Crippen LogP contribution < -0.4 is 16.4 Å². The highest BCUT2D eigenvalue weighted by Gasteiger charge is 1.91. The first kappa shape index (κ1) is 28.5. The zero-order chi connectivity index (χ0) is 11.9. The lowest BCUT2D eigenvalue weighted by Crippen LogP contribution is -2.16. The normalized spacial score (nSPS) is 9.16. The Labute approximate surface area is 151 Å². The van der Waals surface area contributed by atoms with Crippen molar-refractivity contribution >= 4 is 50.9 Å². The highest BCUT2D eigenvalue weighted by Crippen LogP contribution is 1.99. The molecule has 0 aliphatic heterocycles. The van der Waals surface area contributed by atoms with Crippen molar-refractivity contribution in [2.24, 2.45) is 5.73 Å². The summed E-state index contributed by atoms with van der Waals surface area (Å²) in [6.07, 6.45) is 10.5. The van der Waals surface area contributed by atoms with Crippen molar-refractivity contribution in [3.63, 3.8) is 0 Å². The van der Waals surface area contributed by atoms with Crippen LogP contribution in [0.2, 0.25) is 0 Å². The first-order chi connectivity index (χ1) is 7.91. The number of hydrogen-bond donors (Lipinski definition) is 3. The van der Waals surface area contributed by atoms with Crippen LogP contribution in [-0.4, -0.2) is 33.2 Å². The number of hydrogen-bond acceptors (Lipinski definition) is 3. The Kier molecular flexibility index (Phi) is 41.4. The summed E-state index contributed by atoms with van der Waals surface area (Å²) < 4.78 is 0. The number of nitrogens with one attached hydrogen (secondary N) is 2. The smallest absolute Gasteiger partial charge is 0.00489 e. The van der Waals surface area contributed by atoms with E-state index in [1.165, 1.54) is 64.5 Å². The quantitative estimate of drug-likeness (QED) is 0.360. The van der Waals surface area contributed by atoms with E-state index in [4.69, 9.17) is 5.73 Å². The van der Waals surface area contributed by atoms with Gasteiger partial charge in [0.1, 0.15) is 0 Å². The highest BCUT2D eigenvalue weighted by molar-refractivity contribution is 8.93. The fraction of sp³-hybridized carbons (Fsp3) is 1.00. The van der Waals surface area contributed by atoms with E-state index >= 15 is 0 Å². The molecule has 0 fully saturated rings. The van der Waals surface area contributed by atoms with Crippen molar-refractivity contribution in [2.75, 3.05) is 33.2 Å². The average Bonchev–Trinajstić information content (AvgIpc) is 2.31. The van der Waals surface area contributed by atoms with Gasteiger partial charge in [0, 0.05) is 0 Å². The van der Waals surface area contributed by atoms with Gasteiger partial charge in [-0.15, -0.1) is 50.9 Å². The topological polar surface area (TPSA) is 50.1 Å². The molecule has 0 aliphatic rings. The molecule has 0 heterocycles. The Morgan fingerprint density at radius 2 is 1.05 bits per heavy atom. The molecule has 122 valence electrons. The Morgan fingerprint density at radius 3 is 1.47 bits per heavy atom. The molecule has 0 saturated carbocycles. The van der Waals surface area contributed by atoms with Crippen molar-refractivity contribution in [1.82, 2.24) is 10.6 Å². The molecule has 0 rings (SSSR count). The SMILES string of the molecule is Br.Br.Br.CNCCCCCCNCCCCCCN. The van der Waals surface area contributed by atoms with Crippen molar-refractivity contribution in [3.05, 3.63) is 0 Å². The lowest BCUT2D eigenvalue weighted by Gasteiger charge is -2.04. The van der Waals surface area contributed by atoms with Crippen LogP contribution in [0.5, 0.6) is 0 Å². The van der Waals surface area contributed by atoms with Gasteiger partial charge in [-0.3, -0.25) is 0 Å². The summed E-state index contributed by atoms with van der Waals surface area (Å²) in [6.45, 7) is 4.38. The molecule has 3 nitrogen and oxygen atoms in total. The molecule has 0 saturated heterocycles. The Bertz CT molecular complexity index is 116. The summed E-state index contributed by atoms with van der Waals surface area (Å²) >= 11 is 0. The molecule has 4 N–H and O–H groups in total. The lowest BCUT2D eigenvalue weighted by molar-refractivity contribution is 0.552. The summed E-state index contributed by atoms with van der Waals surface area (Å²) in [4.78, 5) is 0. The minimum atomic E-state index is 0. The van der Waals surface area contributed by atoms with E-state index in [9.17, 15) is 0 Å². The first-order valence-electron chi connectivity index (χ1n) is 6.97. The zero-order valence-corrected chi connectivity index (χ0v) is 17.4. The Morgan fingerprint density at radius 1 is 0.632 bits per heavy atom. The van der Waals surface area contributed by atoms with E-state index in [2.05, 4.69) is 10.6 Å². The molecule has 0 atom stereocenters. The van der Waals surface area contributed by atoms with Gasteiger partial charge in [-0.1, -0.05) is 25.7 Å². The molecule has 0 unspecified atom stereocenters. The number of rotatable bonds is 13. The van der Waals surface area contributed by atoms with Crippen LogP contribution in [0, 0.1) is 0 Å². The van der Waals surface area contributed by atoms with Crippen LogP contribution >= 0.6 is 50.9 Å². The van der Waals surface area contributed by atoms with E-state index < -0.39 is 0 Å². The molecule has 0 radical (unpaired) electrons. The Balaban J connectivity index is -0.000000375. The van der Waals surface area contributed by atoms with Gasteiger partial charge in [-0.25, -0.2) is 0 Å².